The monoisotopic (exact) mass is 552 g/mol. The number of hydrogen-bond acceptors (Lipinski definition) is 8. The maximum atomic E-state index is 15.1. The van der Waals surface area contributed by atoms with Gasteiger partial charge in [0, 0.05) is 45.1 Å². The van der Waals surface area contributed by atoms with Crippen LogP contribution in [0.25, 0.3) is 11.0 Å². The smallest absolute Gasteiger partial charge is 0.237 e. The molecule has 5 rings (SSSR count). The summed E-state index contributed by atoms with van der Waals surface area (Å²) in [6, 6.07) is 14.0. The molecule has 3 N–H and O–H groups in total. The van der Waals surface area contributed by atoms with Crippen molar-refractivity contribution in [3.63, 3.8) is 0 Å². The van der Waals surface area contributed by atoms with E-state index >= 15 is 4.39 Å². The predicted molar refractivity (Wildman–Crippen MR) is 155 cm³/mol. The number of fused-ring (bicyclic) bond motifs is 1. The lowest BCUT2D eigenvalue weighted by Gasteiger charge is -2.34. The first-order chi connectivity index (χ1) is 18.6. The molecule has 0 atom stereocenters. The minimum atomic E-state index is -3.54. The molecule has 1 fully saturated rings. The van der Waals surface area contributed by atoms with Gasteiger partial charge in [0.25, 0.3) is 0 Å². The summed E-state index contributed by atoms with van der Waals surface area (Å²) in [7, 11) is 0.0583. The van der Waals surface area contributed by atoms with Crippen LogP contribution >= 0.6 is 0 Å². The fraction of sp³-hybridized carbons (Fsp3) is 0.333. The van der Waals surface area contributed by atoms with Crippen molar-refractivity contribution in [1.29, 1.82) is 0 Å². The maximum Gasteiger partial charge on any atom is 0.237 e. The van der Waals surface area contributed by atoms with Crippen LogP contribution in [0.4, 0.5) is 38.9 Å². The van der Waals surface area contributed by atoms with Crippen LogP contribution in [-0.2, 0) is 10.0 Å². The standard InChI is InChI=1S/C27H33FN8O2S/c1-18(2)39(37,38)35(4)24-8-6-5-7-22(24)31-26-20-11-12-29-25(20)32-27(33-26)30-19-9-10-23(21(28)17-19)36-15-13-34(3)14-16-36/h5-12,17-18H,13-16H2,1-4H3,(H3,29,30,31,32,33). The van der Waals surface area contributed by atoms with Crippen LogP contribution in [0.1, 0.15) is 13.8 Å². The van der Waals surface area contributed by atoms with Gasteiger partial charge in [-0.25, -0.2) is 12.8 Å². The Bertz CT molecular complexity index is 1580. The molecule has 0 aliphatic carbocycles. The number of aromatic amines is 1. The topological polar surface area (TPSA) is 109 Å². The van der Waals surface area contributed by atoms with Gasteiger partial charge in [0.05, 0.1) is 27.7 Å². The second kappa shape index (κ2) is 10.7. The molecule has 0 saturated carbocycles. The van der Waals surface area contributed by atoms with E-state index in [0.29, 0.717) is 34.2 Å². The highest BCUT2D eigenvalue weighted by Crippen LogP contribution is 2.33. The van der Waals surface area contributed by atoms with E-state index in [9.17, 15) is 8.42 Å². The van der Waals surface area contributed by atoms with E-state index in [-0.39, 0.29) is 11.8 Å². The third-order valence-electron chi connectivity index (χ3n) is 6.94. The molecule has 39 heavy (non-hydrogen) atoms. The van der Waals surface area contributed by atoms with Gasteiger partial charge in [-0.05, 0) is 57.3 Å². The van der Waals surface area contributed by atoms with Crippen molar-refractivity contribution in [2.24, 2.45) is 0 Å². The van der Waals surface area contributed by atoms with Crippen LogP contribution < -0.4 is 19.8 Å². The third-order valence-corrected chi connectivity index (χ3v) is 9.09. The SMILES string of the molecule is CC(C)S(=O)(=O)N(C)c1ccccc1Nc1nc(Nc2ccc(N3CCN(C)CC3)c(F)c2)nc2[nH]ccc12. The van der Waals surface area contributed by atoms with Gasteiger partial charge in [0.15, 0.2) is 0 Å². The summed E-state index contributed by atoms with van der Waals surface area (Å²) in [5, 5.41) is 6.54. The molecular weight excluding hydrogens is 519 g/mol. The fourth-order valence-electron chi connectivity index (χ4n) is 4.54. The molecular formula is C27H33FN8O2S. The lowest BCUT2D eigenvalue weighted by Crippen LogP contribution is -2.44. The molecule has 0 bridgehead atoms. The number of sulfonamides is 1. The van der Waals surface area contributed by atoms with E-state index in [1.165, 1.54) is 17.4 Å². The average molecular weight is 553 g/mol. The second-order valence-electron chi connectivity index (χ2n) is 9.92. The zero-order chi connectivity index (χ0) is 27.7. The number of anilines is 6. The van der Waals surface area contributed by atoms with Crippen LogP contribution in [0.2, 0.25) is 0 Å². The Labute approximate surface area is 227 Å². The van der Waals surface area contributed by atoms with E-state index in [1.54, 1.807) is 44.3 Å². The predicted octanol–water partition coefficient (Wildman–Crippen LogP) is 4.51. The zero-order valence-corrected chi connectivity index (χ0v) is 23.3. The Kier molecular flexibility index (Phi) is 7.32. The molecule has 4 aromatic rings. The van der Waals surface area contributed by atoms with Crippen LogP contribution in [-0.4, -0.2) is 73.8 Å². The summed E-state index contributed by atoms with van der Waals surface area (Å²) < 4.78 is 42.1. The molecule has 3 heterocycles. The number of hydrogen-bond donors (Lipinski definition) is 3. The van der Waals surface area contributed by atoms with Gasteiger partial charge in [-0.15, -0.1) is 0 Å². The van der Waals surface area contributed by atoms with Gasteiger partial charge in [0.1, 0.15) is 17.3 Å². The number of nitrogens with one attached hydrogen (secondary N) is 3. The number of nitrogens with zero attached hydrogens (tertiary/aromatic N) is 5. The number of benzene rings is 2. The molecule has 1 saturated heterocycles. The van der Waals surface area contributed by atoms with E-state index in [2.05, 4.69) is 42.4 Å². The van der Waals surface area contributed by atoms with Crippen molar-refractivity contribution >= 4 is 55.6 Å². The van der Waals surface area contributed by atoms with E-state index in [1.807, 2.05) is 18.2 Å². The largest absolute Gasteiger partial charge is 0.367 e. The maximum absolute atomic E-state index is 15.1. The zero-order valence-electron chi connectivity index (χ0n) is 22.4. The van der Waals surface area contributed by atoms with Crippen molar-refractivity contribution in [3.05, 3.63) is 60.5 Å². The Morgan fingerprint density at radius 1 is 1.03 bits per heavy atom. The average Bonchev–Trinajstić information content (AvgIpc) is 3.38. The number of likely N-dealkylation sites (N-methyl/N-ethyl adjacent to an activating group) is 1. The molecule has 1 aliphatic heterocycles. The van der Waals surface area contributed by atoms with Gasteiger partial charge in [-0.2, -0.15) is 9.97 Å². The first kappa shape index (κ1) is 26.7. The third kappa shape index (κ3) is 5.48. The molecule has 0 amide bonds. The van der Waals surface area contributed by atoms with Crippen molar-refractivity contribution in [3.8, 4) is 0 Å². The molecule has 0 unspecified atom stereocenters. The Balaban J connectivity index is 1.43. The summed E-state index contributed by atoms with van der Waals surface area (Å²) in [6.45, 7) is 6.62. The molecule has 1 aliphatic rings. The van der Waals surface area contributed by atoms with Crippen molar-refractivity contribution in [1.82, 2.24) is 19.9 Å². The molecule has 2 aromatic heterocycles. The minimum Gasteiger partial charge on any atom is -0.367 e. The Hall–Kier alpha value is -3.90. The Morgan fingerprint density at radius 3 is 2.49 bits per heavy atom. The van der Waals surface area contributed by atoms with Crippen LogP contribution in [0.5, 0.6) is 0 Å². The van der Waals surface area contributed by atoms with Crippen LogP contribution in [0, 0.1) is 5.82 Å². The molecule has 12 heteroatoms. The quantitative estimate of drug-likeness (QED) is 0.293. The summed E-state index contributed by atoms with van der Waals surface area (Å²) in [6.07, 6.45) is 1.75. The van der Waals surface area contributed by atoms with Crippen molar-refractivity contribution in [2.75, 3.05) is 60.1 Å². The summed E-state index contributed by atoms with van der Waals surface area (Å²) in [5.41, 5.74) is 2.73. The fourth-order valence-corrected chi connectivity index (χ4v) is 5.61. The summed E-state index contributed by atoms with van der Waals surface area (Å²) >= 11 is 0. The van der Waals surface area contributed by atoms with Gasteiger partial charge in [-0.3, -0.25) is 4.31 Å². The number of aromatic nitrogens is 3. The minimum absolute atomic E-state index is 0.264. The number of piperazine rings is 1. The molecule has 206 valence electrons. The van der Waals surface area contributed by atoms with E-state index in [0.717, 1.165) is 31.6 Å². The lowest BCUT2D eigenvalue weighted by atomic mass is 10.2. The molecule has 2 aromatic carbocycles. The summed E-state index contributed by atoms with van der Waals surface area (Å²) in [4.78, 5) is 16.6. The van der Waals surface area contributed by atoms with Crippen LogP contribution in [0.3, 0.4) is 0 Å². The van der Waals surface area contributed by atoms with Gasteiger partial charge < -0.3 is 25.4 Å². The first-order valence-electron chi connectivity index (χ1n) is 12.8. The van der Waals surface area contributed by atoms with Crippen molar-refractivity contribution in [2.45, 2.75) is 19.1 Å². The van der Waals surface area contributed by atoms with E-state index in [4.69, 9.17) is 0 Å². The van der Waals surface area contributed by atoms with Gasteiger partial charge in [-0.1, -0.05) is 12.1 Å². The van der Waals surface area contributed by atoms with E-state index < -0.39 is 15.3 Å². The summed E-state index contributed by atoms with van der Waals surface area (Å²) in [5.74, 6) is 0.424. The highest BCUT2D eigenvalue weighted by atomic mass is 32.2. The number of rotatable bonds is 8. The van der Waals surface area contributed by atoms with Gasteiger partial charge in [0.2, 0.25) is 16.0 Å². The molecule has 0 spiro atoms. The van der Waals surface area contributed by atoms with Gasteiger partial charge >= 0.3 is 0 Å². The number of halogens is 1. The molecule has 0 radical (unpaired) electrons. The number of H-pyrrole nitrogens is 1. The highest BCUT2D eigenvalue weighted by Gasteiger charge is 2.25. The molecule has 10 nitrogen and oxygen atoms in total. The lowest BCUT2D eigenvalue weighted by molar-refractivity contribution is 0.311. The second-order valence-corrected chi connectivity index (χ2v) is 12.4. The van der Waals surface area contributed by atoms with Crippen molar-refractivity contribution < 1.29 is 12.8 Å². The van der Waals surface area contributed by atoms with Crippen LogP contribution in [0.15, 0.2) is 54.7 Å². The highest BCUT2D eigenvalue weighted by molar-refractivity contribution is 7.93. The number of para-hydroxylation sites is 2. The Morgan fingerprint density at radius 2 is 1.77 bits per heavy atom. The first-order valence-corrected chi connectivity index (χ1v) is 14.3. The normalized spacial score (nSPS) is 14.7.